The fourth-order valence-corrected chi connectivity index (χ4v) is 1.59. The van der Waals surface area contributed by atoms with Crippen molar-refractivity contribution in [1.82, 2.24) is 5.48 Å². The van der Waals surface area contributed by atoms with Gasteiger partial charge in [0.1, 0.15) is 6.61 Å². The van der Waals surface area contributed by atoms with Crippen LogP contribution in [0.4, 0.5) is 0 Å². The zero-order valence-electron chi connectivity index (χ0n) is 9.41. The predicted molar refractivity (Wildman–Crippen MR) is 59.0 cm³/mol. The first kappa shape index (κ1) is 16.5. The molecule has 6 N–H and O–H groups in total. The third-order valence-corrected chi connectivity index (χ3v) is 2.60. The van der Waals surface area contributed by atoms with Gasteiger partial charge in [-0.15, -0.1) is 0 Å². The average molecular weight is 270 g/mol. The number of carbonyl (C=O) groups excluding carboxylic acids is 1. The van der Waals surface area contributed by atoms with Crippen LogP contribution in [0.2, 0.25) is 0 Å². The average Bonchev–Trinajstić information content (AvgIpc) is 2.27. The van der Waals surface area contributed by atoms with Crippen LogP contribution in [0.5, 0.6) is 0 Å². The first-order chi connectivity index (χ1) is 7.85. The van der Waals surface area contributed by atoms with Gasteiger partial charge in [-0.05, 0) is 12.8 Å². The first-order valence-electron chi connectivity index (χ1n) is 5.23. The summed E-state index contributed by atoms with van der Waals surface area (Å²) in [4.78, 5) is 26.0. The summed E-state index contributed by atoms with van der Waals surface area (Å²) in [5.74, 6) is -1.02. The van der Waals surface area contributed by atoms with Crippen molar-refractivity contribution < 1.29 is 28.9 Å². The van der Waals surface area contributed by atoms with E-state index in [1.54, 1.807) is 0 Å². The van der Waals surface area contributed by atoms with Crippen LogP contribution in [0.25, 0.3) is 0 Å². The first-order valence-corrected chi connectivity index (χ1v) is 6.77. The van der Waals surface area contributed by atoms with Gasteiger partial charge < -0.3 is 15.5 Å². The highest BCUT2D eigenvalue weighted by Gasteiger charge is 2.15. The summed E-state index contributed by atoms with van der Waals surface area (Å²) in [6.45, 7) is -0.874. The molecule has 0 spiro atoms. The zero-order chi connectivity index (χ0) is 13.3. The number of phosphoric acid groups is 1. The topological polar surface area (TPSA) is 142 Å². The monoisotopic (exact) mass is 270 g/mol. The number of hydrogen-bond donors (Lipinski definition) is 5. The normalized spacial score (nSPS) is 16.9. The van der Waals surface area contributed by atoms with Gasteiger partial charge in [-0.2, -0.15) is 0 Å². The van der Waals surface area contributed by atoms with Crippen LogP contribution in [0.15, 0.2) is 0 Å². The van der Waals surface area contributed by atoms with E-state index in [-0.39, 0.29) is 0 Å². The van der Waals surface area contributed by atoms with Gasteiger partial charge in [-0.1, -0.05) is 19.3 Å². The predicted octanol–water partition coefficient (Wildman–Crippen LogP) is -0.121. The van der Waals surface area contributed by atoms with Crippen LogP contribution in [0, 0.1) is 0 Å². The summed E-state index contributed by atoms with van der Waals surface area (Å²) in [7, 11) is -4.60. The minimum atomic E-state index is -4.60. The Hall–Kier alpha value is -0.500. The molecule has 17 heavy (non-hydrogen) atoms. The third kappa shape index (κ3) is 11.8. The van der Waals surface area contributed by atoms with E-state index in [0.29, 0.717) is 6.04 Å². The standard InChI is InChI=1S/C6H13N.C2H6NO6P/c7-6-4-2-1-3-5-6;4-2(3-5)1-9-10(6,7)8/h6H,1-5,7H2;5H,1H2,(H,3,4)(H2,6,7,8). The van der Waals surface area contributed by atoms with Crippen LogP contribution in [-0.2, 0) is 13.9 Å². The maximum Gasteiger partial charge on any atom is 0.470 e. The third-order valence-electron chi connectivity index (χ3n) is 2.14. The van der Waals surface area contributed by atoms with Crippen molar-refractivity contribution in [2.24, 2.45) is 5.73 Å². The quantitative estimate of drug-likeness (QED) is 0.273. The number of hydrogen-bond acceptors (Lipinski definition) is 5. The number of rotatable bonds is 3. The van der Waals surface area contributed by atoms with E-state index < -0.39 is 20.3 Å². The lowest BCUT2D eigenvalue weighted by Gasteiger charge is -2.15. The molecule has 1 saturated carbocycles. The van der Waals surface area contributed by atoms with Crippen molar-refractivity contribution in [3.05, 3.63) is 0 Å². The highest BCUT2D eigenvalue weighted by molar-refractivity contribution is 7.46. The Labute approximate surface area is 99.3 Å². The van der Waals surface area contributed by atoms with Gasteiger partial charge in [0.25, 0.3) is 5.91 Å². The molecule has 9 heteroatoms. The summed E-state index contributed by atoms with van der Waals surface area (Å²) in [6.07, 6.45) is 6.66. The van der Waals surface area contributed by atoms with Crippen molar-refractivity contribution in [3.63, 3.8) is 0 Å². The fraction of sp³-hybridized carbons (Fsp3) is 0.875. The molecule has 1 fully saturated rings. The Morgan fingerprint density at radius 3 is 2.18 bits per heavy atom. The van der Waals surface area contributed by atoms with Gasteiger partial charge in [0, 0.05) is 6.04 Å². The molecule has 8 nitrogen and oxygen atoms in total. The summed E-state index contributed by atoms with van der Waals surface area (Å²) < 4.78 is 13.5. The van der Waals surface area contributed by atoms with Crippen molar-refractivity contribution in [3.8, 4) is 0 Å². The molecule has 0 aromatic carbocycles. The number of phosphoric ester groups is 1. The number of nitrogens with two attached hydrogens (primary N) is 1. The lowest BCUT2D eigenvalue weighted by Crippen LogP contribution is -2.23. The maximum absolute atomic E-state index is 10.0. The summed E-state index contributed by atoms with van der Waals surface area (Å²) >= 11 is 0. The molecule has 0 atom stereocenters. The Morgan fingerprint density at radius 1 is 1.35 bits per heavy atom. The lowest BCUT2D eigenvalue weighted by atomic mass is 9.97. The van der Waals surface area contributed by atoms with E-state index in [4.69, 9.17) is 20.7 Å². The van der Waals surface area contributed by atoms with Crippen LogP contribution < -0.4 is 11.2 Å². The summed E-state index contributed by atoms with van der Waals surface area (Å²) in [5.41, 5.74) is 6.76. The molecule has 0 saturated heterocycles. The molecule has 0 aliphatic heterocycles. The van der Waals surface area contributed by atoms with E-state index in [2.05, 4.69) is 4.52 Å². The minimum absolute atomic E-state index is 0.536. The van der Waals surface area contributed by atoms with Gasteiger partial charge in [0.05, 0.1) is 0 Å². The van der Waals surface area contributed by atoms with E-state index in [1.807, 2.05) is 0 Å². The van der Waals surface area contributed by atoms with Crippen molar-refractivity contribution in [2.75, 3.05) is 6.61 Å². The molecule has 0 radical (unpaired) electrons. The van der Waals surface area contributed by atoms with Crippen molar-refractivity contribution in [2.45, 2.75) is 38.1 Å². The summed E-state index contributed by atoms with van der Waals surface area (Å²) in [5, 5.41) is 7.80. The highest BCUT2D eigenvalue weighted by Crippen LogP contribution is 2.35. The molecule has 1 aliphatic rings. The van der Waals surface area contributed by atoms with E-state index in [9.17, 15) is 9.36 Å². The van der Waals surface area contributed by atoms with E-state index in [1.165, 1.54) is 32.1 Å². The van der Waals surface area contributed by atoms with Crippen LogP contribution in [-0.4, -0.2) is 33.5 Å². The van der Waals surface area contributed by atoms with Crippen LogP contribution in [0.3, 0.4) is 0 Å². The molecule has 102 valence electrons. The second kappa shape index (κ2) is 8.57. The second-order valence-corrected chi connectivity index (χ2v) is 4.94. The molecule has 0 bridgehead atoms. The smallest absolute Gasteiger partial charge is 0.328 e. The van der Waals surface area contributed by atoms with Crippen molar-refractivity contribution in [1.29, 1.82) is 0 Å². The van der Waals surface area contributed by atoms with Gasteiger partial charge in [-0.25, -0.2) is 10.0 Å². The number of amides is 1. The van der Waals surface area contributed by atoms with Gasteiger partial charge in [0.2, 0.25) is 0 Å². The molecule has 1 amide bonds. The lowest BCUT2D eigenvalue weighted by molar-refractivity contribution is -0.131. The molecule has 0 aromatic rings. The molecular weight excluding hydrogens is 251 g/mol. The zero-order valence-corrected chi connectivity index (χ0v) is 10.3. The molecule has 0 unspecified atom stereocenters. The molecule has 0 aromatic heterocycles. The Balaban J connectivity index is 0.000000318. The fourth-order valence-electron chi connectivity index (χ4n) is 1.31. The van der Waals surface area contributed by atoms with Gasteiger partial charge in [-0.3, -0.25) is 14.5 Å². The SMILES string of the molecule is NC1CCCCC1.O=C(COP(=O)(O)O)NO. The Morgan fingerprint density at radius 2 is 1.88 bits per heavy atom. The minimum Gasteiger partial charge on any atom is -0.328 e. The molecule has 1 rings (SSSR count). The molecular formula is C8H19N2O6P. The Kier molecular flexibility index (Phi) is 8.32. The maximum atomic E-state index is 10.0. The molecule has 0 heterocycles. The Bertz CT molecular complexity index is 263. The van der Waals surface area contributed by atoms with Crippen molar-refractivity contribution >= 4 is 13.7 Å². The van der Waals surface area contributed by atoms with Gasteiger partial charge >= 0.3 is 7.82 Å². The van der Waals surface area contributed by atoms with Crippen LogP contribution in [0.1, 0.15) is 32.1 Å². The van der Waals surface area contributed by atoms with Gasteiger partial charge in [0.15, 0.2) is 0 Å². The number of carbonyl (C=O) groups is 1. The van der Waals surface area contributed by atoms with E-state index >= 15 is 0 Å². The van der Waals surface area contributed by atoms with E-state index in [0.717, 1.165) is 5.48 Å². The highest BCUT2D eigenvalue weighted by atomic mass is 31.2. The largest absolute Gasteiger partial charge is 0.470 e. The second-order valence-electron chi connectivity index (χ2n) is 3.70. The number of hydroxylamine groups is 1. The molecule has 1 aliphatic carbocycles. The van der Waals surface area contributed by atoms with Crippen LogP contribution >= 0.6 is 7.82 Å². The number of nitrogens with one attached hydrogen (secondary N) is 1. The summed E-state index contributed by atoms with van der Waals surface area (Å²) in [6, 6.07) is 0.536.